The van der Waals surface area contributed by atoms with Crippen molar-refractivity contribution in [2.75, 3.05) is 13.6 Å². The van der Waals surface area contributed by atoms with Crippen molar-refractivity contribution in [2.24, 2.45) is 5.92 Å². The van der Waals surface area contributed by atoms with Crippen LogP contribution < -0.4 is 0 Å². The Morgan fingerprint density at radius 1 is 1.39 bits per heavy atom. The van der Waals surface area contributed by atoms with Gasteiger partial charge in [-0.15, -0.1) is 0 Å². The molecule has 0 radical (unpaired) electrons. The molecule has 0 N–H and O–H groups in total. The number of rotatable bonds is 4. The Labute approximate surface area is 108 Å². The first-order valence-electron chi connectivity index (χ1n) is 6.56. The van der Waals surface area contributed by atoms with E-state index in [0.717, 1.165) is 24.6 Å². The van der Waals surface area contributed by atoms with Crippen molar-refractivity contribution in [2.45, 2.75) is 32.2 Å². The van der Waals surface area contributed by atoms with E-state index in [9.17, 15) is 4.39 Å². The summed E-state index contributed by atoms with van der Waals surface area (Å²) in [5.74, 6) is 0.380. The van der Waals surface area contributed by atoms with Crippen molar-refractivity contribution in [3.63, 3.8) is 0 Å². The first kappa shape index (κ1) is 13.0. The zero-order valence-corrected chi connectivity index (χ0v) is 10.8. The van der Waals surface area contributed by atoms with Crippen LogP contribution in [0.15, 0.2) is 18.2 Å². The average molecular weight is 246 g/mol. The molecule has 3 heteroatoms. The van der Waals surface area contributed by atoms with E-state index in [1.807, 2.05) is 6.07 Å². The van der Waals surface area contributed by atoms with E-state index in [2.05, 4.69) is 11.9 Å². The summed E-state index contributed by atoms with van der Waals surface area (Å²) in [5, 5.41) is 8.80. The summed E-state index contributed by atoms with van der Waals surface area (Å²) in [6.45, 7) is 1.88. The lowest BCUT2D eigenvalue weighted by molar-refractivity contribution is 0.271. The third-order valence-corrected chi connectivity index (χ3v) is 3.65. The summed E-state index contributed by atoms with van der Waals surface area (Å²) in [5.41, 5.74) is 1.15. The summed E-state index contributed by atoms with van der Waals surface area (Å²) in [4.78, 5) is 2.27. The number of nitrogens with zero attached hydrogens (tertiary/aromatic N) is 2. The fraction of sp³-hybridized carbons (Fsp3) is 0.533. The van der Waals surface area contributed by atoms with Gasteiger partial charge in [0, 0.05) is 13.1 Å². The van der Waals surface area contributed by atoms with E-state index in [0.29, 0.717) is 0 Å². The minimum atomic E-state index is -0.431. The zero-order chi connectivity index (χ0) is 13.0. The molecule has 0 unspecified atom stereocenters. The van der Waals surface area contributed by atoms with E-state index >= 15 is 0 Å². The molecule has 0 heterocycles. The summed E-state index contributed by atoms with van der Waals surface area (Å²) >= 11 is 0. The van der Waals surface area contributed by atoms with Crippen LogP contribution in [0, 0.1) is 23.1 Å². The van der Waals surface area contributed by atoms with Crippen molar-refractivity contribution < 1.29 is 4.39 Å². The smallest absolute Gasteiger partial charge is 0.140 e. The summed E-state index contributed by atoms with van der Waals surface area (Å²) in [6, 6.07) is 6.69. The van der Waals surface area contributed by atoms with E-state index in [4.69, 9.17) is 5.26 Å². The van der Waals surface area contributed by atoms with Gasteiger partial charge >= 0.3 is 0 Å². The fourth-order valence-electron chi connectivity index (χ4n) is 2.77. The normalized spacial score (nSPS) is 16.1. The van der Waals surface area contributed by atoms with Gasteiger partial charge in [0.25, 0.3) is 0 Å². The Balaban J connectivity index is 1.94. The third-order valence-electron chi connectivity index (χ3n) is 3.65. The monoisotopic (exact) mass is 246 g/mol. The molecule has 1 fully saturated rings. The van der Waals surface area contributed by atoms with Crippen LogP contribution in [-0.4, -0.2) is 18.5 Å². The fourth-order valence-corrected chi connectivity index (χ4v) is 2.77. The Morgan fingerprint density at radius 3 is 2.78 bits per heavy atom. The molecule has 0 aromatic heterocycles. The van der Waals surface area contributed by atoms with Crippen LogP contribution in [0.4, 0.5) is 4.39 Å². The summed E-state index contributed by atoms with van der Waals surface area (Å²) in [6.07, 6.45) is 5.37. The van der Waals surface area contributed by atoms with Gasteiger partial charge < -0.3 is 4.90 Å². The highest BCUT2D eigenvalue weighted by Gasteiger charge is 2.16. The highest BCUT2D eigenvalue weighted by molar-refractivity contribution is 5.34. The lowest BCUT2D eigenvalue weighted by Crippen LogP contribution is -2.24. The van der Waals surface area contributed by atoms with Crippen LogP contribution in [0.5, 0.6) is 0 Å². The molecule has 2 rings (SSSR count). The maximum absolute atomic E-state index is 13.2. The number of benzene rings is 1. The van der Waals surface area contributed by atoms with Gasteiger partial charge in [0.1, 0.15) is 11.9 Å². The van der Waals surface area contributed by atoms with Crippen LogP contribution in [0.1, 0.15) is 36.8 Å². The molecule has 1 aromatic rings. The number of hydrogen-bond acceptors (Lipinski definition) is 2. The molecule has 2 nitrogen and oxygen atoms in total. The van der Waals surface area contributed by atoms with Crippen molar-refractivity contribution in [1.29, 1.82) is 5.26 Å². The van der Waals surface area contributed by atoms with E-state index < -0.39 is 5.82 Å². The molecule has 1 aromatic carbocycles. The van der Waals surface area contributed by atoms with Gasteiger partial charge in [-0.05, 0) is 43.5 Å². The largest absolute Gasteiger partial charge is 0.302 e. The summed E-state index contributed by atoms with van der Waals surface area (Å²) in [7, 11) is 2.09. The van der Waals surface area contributed by atoms with Crippen LogP contribution in [0.2, 0.25) is 0 Å². The molecule has 0 bridgehead atoms. The molecule has 1 saturated carbocycles. The van der Waals surface area contributed by atoms with E-state index in [1.165, 1.54) is 31.7 Å². The van der Waals surface area contributed by atoms with Gasteiger partial charge in [0.05, 0.1) is 5.56 Å². The first-order chi connectivity index (χ1) is 8.69. The Bertz CT molecular complexity index is 444. The van der Waals surface area contributed by atoms with Gasteiger partial charge in [0.15, 0.2) is 0 Å². The van der Waals surface area contributed by atoms with Crippen LogP contribution in [-0.2, 0) is 6.54 Å². The molecule has 0 amide bonds. The molecule has 96 valence electrons. The third kappa shape index (κ3) is 3.30. The minimum Gasteiger partial charge on any atom is -0.302 e. The van der Waals surface area contributed by atoms with Crippen molar-refractivity contribution >= 4 is 0 Å². The van der Waals surface area contributed by atoms with Gasteiger partial charge in [-0.25, -0.2) is 4.39 Å². The quantitative estimate of drug-likeness (QED) is 0.815. The van der Waals surface area contributed by atoms with Gasteiger partial charge in [-0.1, -0.05) is 18.9 Å². The number of hydrogen-bond donors (Lipinski definition) is 0. The van der Waals surface area contributed by atoms with Crippen LogP contribution in [0.25, 0.3) is 0 Å². The second kappa shape index (κ2) is 5.97. The SMILES string of the molecule is CN(Cc1ccc(F)c(C#N)c1)CC1CCCC1. The maximum atomic E-state index is 13.2. The second-order valence-electron chi connectivity index (χ2n) is 5.27. The zero-order valence-electron chi connectivity index (χ0n) is 10.8. The number of nitriles is 1. The topological polar surface area (TPSA) is 27.0 Å². The Kier molecular flexibility index (Phi) is 4.33. The second-order valence-corrected chi connectivity index (χ2v) is 5.27. The Hall–Kier alpha value is -1.40. The molecule has 1 aliphatic carbocycles. The lowest BCUT2D eigenvalue weighted by atomic mass is 10.1. The van der Waals surface area contributed by atoms with Gasteiger partial charge in [-0.2, -0.15) is 5.26 Å². The molecule has 0 atom stereocenters. The highest BCUT2D eigenvalue weighted by Crippen LogP contribution is 2.25. The standard InChI is InChI=1S/C15H19FN2/c1-18(10-12-4-2-3-5-12)11-13-6-7-15(16)14(8-13)9-17/h6-8,12H,2-5,10-11H2,1H3. The predicted octanol–water partition coefficient (Wildman–Crippen LogP) is 3.32. The molecule has 1 aliphatic rings. The lowest BCUT2D eigenvalue weighted by Gasteiger charge is -2.20. The van der Waals surface area contributed by atoms with Crippen LogP contribution in [0.3, 0.4) is 0 Å². The van der Waals surface area contributed by atoms with Crippen molar-refractivity contribution in [3.8, 4) is 6.07 Å². The Morgan fingerprint density at radius 2 is 2.11 bits per heavy atom. The molecular weight excluding hydrogens is 227 g/mol. The number of halogens is 1. The average Bonchev–Trinajstić information content (AvgIpc) is 2.84. The van der Waals surface area contributed by atoms with Gasteiger partial charge in [-0.3, -0.25) is 0 Å². The maximum Gasteiger partial charge on any atom is 0.140 e. The van der Waals surface area contributed by atoms with E-state index in [-0.39, 0.29) is 5.56 Å². The predicted molar refractivity (Wildman–Crippen MR) is 69.4 cm³/mol. The highest BCUT2D eigenvalue weighted by atomic mass is 19.1. The van der Waals surface area contributed by atoms with Gasteiger partial charge in [0.2, 0.25) is 0 Å². The first-order valence-corrected chi connectivity index (χ1v) is 6.56. The van der Waals surface area contributed by atoms with Crippen LogP contribution >= 0.6 is 0 Å². The van der Waals surface area contributed by atoms with Crippen molar-refractivity contribution in [1.82, 2.24) is 4.90 Å². The molecule has 18 heavy (non-hydrogen) atoms. The molecular formula is C15H19FN2. The van der Waals surface area contributed by atoms with Crippen molar-refractivity contribution in [3.05, 3.63) is 35.1 Å². The minimum absolute atomic E-state index is 0.141. The summed E-state index contributed by atoms with van der Waals surface area (Å²) < 4.78 is 13.2. The molecule has 0 aliphatic heterocycles. The van der Waals surface area contributed by atoms with E-state index in [1.54, 1.807) is 12.1 Å². The molecule has 0 spiro atoms. The molecule has 0 saturated heterocycles.